The number of amides is 3. The van der Waals surface area contributed by atoms with E-state index >= 15 is 0 Å². The average molecular weight is 495 g/mol. The maximum absolute atomic E-state index is 13.9. The van der Waals surface area contributed by atoms with Gasteiger partial charge in [-0.1, -0.05) is 13.0 Å². The molecule has 35 heavy (non-hydrogen) atoms. The number of likely N-dealkylation sites (N-methyl/N-ethyl adjacent to an activating group) is 1. The van der Waals surface area contributed by atoms with Crippen molar-refractivity contribution in [3.63, 3.8) is 0 Å². The first-order chi connectivity index (χ1) is 16.6. The van der Waals surface area contributed by atoms with E-state index in [1.54, 1.807) is 11.0 Å². The monoisotopic (exact) mass is 495 g/mol. The zero-order chi connectivity index (χ0) is 25.6. The van der Waals surface area contributed by atoms with Crippen molar-refractivity contribution in [1.82, 2.24) is 20.1 Å². The van der Waals surface area contributed by atoms with Crippen molar-refractivity contribution in [3.8, 4) is 0 Å². The van der Waals surface area contributed by atoms with Crippen molar-refractivity contribution >= 4 is 23.4 Å². The number of nitrogens with zero attached hydrogens (tertiary/aromatic N) is 4. The first-order valence-electron chi connectivity index (χ1n) is 11.0. The molecule has 3 rings (SSSR count). The first kappa shape index (κ1) is 26.1. The second kappa shape index (κ2) is 11.3. The summed E-state index contributed by atoms with van der Waals surface area (Å²) in [7, 11) is 0. The Labute approximate surface area is 199 Å². The molecule has 1 saturated heterocycles. The van der Waals surface area contributed by atoms with E-state index in [4.69, 9.17) is 0 Å². The highest BCUT2D eigenvalue weighted by atomic mass is 19.4. The molecule has 1 aromatic carbocycles. The van der Waals surface area contributed by atoms with Gasteiger partial charge in [0.2, 0.25) is 0 Å². The van der Waals surface area contributed by atoms with E-state index in [-0.39, 0.29) is 18.1 Å². The summed E-state index contributed by atoms with van der Waals surface area (Å²) in [5, 5.41) is 1.51. The number of carbonyl (C=O) groups excluding carboxylic acids is 3. The van der Waals surface area contributed by atoms with Gasteiger partial charge in [0.25, 0.3) is 0 Å². The Balaban J connectivity index is 1.72. The van der Waals surface area contributed by atoms with Crippen LogP contribution in [0.4, 0.5) is 28.0 Å². The Kier molecular flexibility index (Phi) is 8.39. The number of halogens is 4. The van der Waals surface area contributed by atoms with Gasteiger partial charge in [0.15, 0.2) is 5.78 Å². The Morgan fingerprint density at radius 2 is 1.80 bits per heavy atom. The second-order valence-corrected chi connectivity index (χ2v) is 7.91. The lowest BCUT2D eigenvalue weighted by atomic mass is 10.1. The number of ketones is 1. The fraction of sp³-hybridized carbons (Fsp3) is 0.391. The number of aromatic nitrogens is 1. The molecule has 1 aromatic heterocycles. The molecule has 0 bridgehead atoms. The van der Waals surface area contributed by atoms with Gasteiger partial charge in [-0.15, -0.1) is 0 Å². The Morgan fingerprint density at radius 3 is 2.37 bits per heavy atom. The van der Waals surface area contributed by atoms with E-state index in [9.17, 15) is 31.9 Å². The van der Waals surface area contributed by atoms with Gasteiger partial charge >= 0.3 is 18.1 Å². The van der Waals surface area contributed by atoms with Crippen LogP contribution < -0.4 is 10.2 Å². The third-order valence-corrected chi connectivity index (χ3v) is 5.57. The van der Waals surface area contributed by atoms with Gasteiger partial charge in [-0.3, -0.25) is 19.5 Å². The van der Waals surface area contributed by atoms with E-state index in [0.717, 1.165) is 25.8 Å². The maximum atomic E-state index is 13.9. The average Bonchev–Trinajstić information content (AvgIpc) is 2.85. The van der Waals surface area contributed by atoms with Crippen LogP contribution in [0.5, 0.6) is 0 Å². The fourth-order valence-corrected chi connectivity index (χ4v) is 3.55. The van der Waals surface area contributed by atoms with Crippen LogP contribution in [-0.2, 0) is 11.3 Å². The summed E-state index contributed by atoms with van der Waals surface area (Å²) in [5.74, 6) is -3.47. The molecule has 0 spiro atoms. The lowest BCUT2D eigenvalue weighted by molar-refractivity contribution is -0.173. The number of hydrogen-bond donors (Lipinski definition) is 1. The van der Waals surface area contributed by atoms with Crippen LogP contribution in [0.15, 0.2) is 42.6 Å². The molecule has 12 heteroatoms. The highest BCUT2D eigenvalue weighted by Gasteiger charge is 2.38. The fourth-order valence-electron chi connectivity index (χ4n) is 3.55. The highest BCUT2D eigenvalue weighted by Crippen LogP contribution is 2.21. The quantitative estimate of drug-likeness (QED) is 0.472. The van der Waals surface area contributed by atoms with Gasteiger partial charge < -0.3 is 15.1 Å². The van der Waals surface area contributed by atoms with Crippen molar-refractivity contribution in [2.75, 3.05) is 44.2 Å². The summed E-state index contributed by atoms with van der Waals surface area (Å²) in [6, 6.07) is 8.08. The number of anilines is 1. The molecule has 0 saturated carbocycles. The van der Waals surface area contributed by atoms with Crippen molar-refractivity contribution in [2.24, 2.45) is 0 Å². The molecule has 2 aromatic rings. The van der Waals surface area contributed by atoms with Gasteiger partial charge in [0.05, 0.1) is 18.8 Å². The molecule has 2 heterocycles. The molecule has 0 atom stereocenters. The molecule has 3 amide bonds. The zero-order valence-electron chi connectivity index (χ0n) is 19.0. The third kappa shape index (κ3) is 6.98. The van der Waals surface area contributed by atoms with Crippen LogP contribution in [-0.4, -0.2) is 78.0 Å². The van der Waals surface area contributed by atoms with E-state index in [0.29, 0.717) is 24.5 Å². The molecule has 1 fully saturated rings. The predicted octanol–water partition coefficient (Wildman–Crippen LogP) is 2.85. The van der Waals surface area contributed by atoms with Crippen LogP contribution in [0.1, 0.15) is 23.0 Å². The number of rotatable bonds is 7. The van der Waals surface area contributed by atoms with Gasteiger partial charge in [-0.25, -0.2) is 9.18 Å². The number of benzene rings is 1. The third-order valence-electron chi connectivity index (χ3n) is 5.57. The summed E-state index contributed by atoms with van der Waals surface area (Å²) in [6.45, 7) is 4.54. The number of Topliss-reactive ketones (excluding diaryl/α,β-unsaturated/α-hetero) is 1. The summed E-state index contributed by atoms with van der Waals surface area (Å²) < 4.78 is 50.7. The Morgan fingerprint density at radius 1 is 1.09 bits per heavy atom. The summed E-state index contributed by atoms with van der Waals surface area (Å²) >= 11 is 0. The van der Waals surface area contributed by atoms with Gasteiger partial charge in [-0.2, -0.15) is 13.2 Å². The minimum absolute atomic E-state index is 0.00413. The standard InChI is InChI=1S/C23H25F4N5O3/c1-2-30-8-10-31(11-9-30)22(35)32(19-5-3-4-17(24)12-19)15-18-7-6-16(13-28-18)20(33)14-29-21(34)23(25,26)27/h3-7,12-13H,2,8-11,14-15H2,1H3,(H,29,34). The van der Waals surface area contributed by atoms with E-state index in [2.05, 4.69) is 9.88 Å². The number of urea groups is 1. The molecular formula is C23H25F4N5O3. The van der Waals surface area contributed by atoms with E-state index in [1.807, 2.05) is 6.92 Å². The first-order valence-corrected chi connectivity index (χ1v) is 11.0. The van der Waals surface area contributed by atoms with Crippen molar-refractivity contribution in [3.05, 3.63) is 59.7 Å². The SMILES string of the molecule is CCN1CCN(C(=O)N(Cc2ccc(C(=O)CNC(=O)C(F)(F)F)cn2)c2cccc(F)c2)CC1. The lowest BCUT2D eigenvalue weighted by Gasteiger charge is -2.37. The minimum Gasteiger partial charge on any atom is -0.341 e. The molecule has 0 radical (unpaired) electrons. The molecule has 188 valence electrons. The number of alkyl halides is 3. The molecule has 1 aliphatic heterocycles. The molecule has 8 nitrogen and oxygen atoms in total. The Bertz CT molecular complexity index is 1050. The lowest BCUT2D eigenvalue weighted by Crippen LogP contribution is -2.52. The van der Waals surface area contributed by atoms with Crippen LogP contribution in [0.25, 0.3) is 0 Å². The van der Waals surface area contributed by atoms with Crippen LogP contribution in [0.3, 0.4) is 0 Å². The van der Waals surface area contributed by atoms with Crippen LogP contribution in [0, 0.1) is 5.82 Å². The number of hydrogen-bond acceptors (Lipinski definition) is 5. The summed E-state index contributed by atoms with van der Waals surface area (Å²) in [4.78, 5) is 45.7. The van der Waals surface area contributed by atoms with Gasteiger partial charge in [0.1, 0.15) is 5.82 Å². The normalized spacial score (nSPS) is 14.5. The zero-order valence-corrected chi connectivity index (χ0v) is 19.0. The number of carbonyl (C=O) groups is 3. The number of piperazine rings is 1. The molecule has 1 N–H and O–H groups in total. The van der Waals surface area contributed by atoms with Crippen LogP contribution in [0.2, 0.25) is 0 Å². The van der Waals surface area contributed by atoms with Crippen molar-refractivity contribution in [1.29, 1.82) is 0 Å². The largest absolute Gasteiger partial charge is 0.471 e. The van der Waals surface area contributed by atoms with Gasteiger partial charge in [0, 0.05) is 43.6 Å². The predicted molar refractivity (Wildman–Crippen MR) is 119 cm³/mol. The molecule has 0 aliphatic carbocycles. The van der Waals surface area contributed by atoms with Gasteiger partial charge in [-0.05, 0) is 36.9 Å². The molecular weight excluding hydrogens is 470 g/mol. The topological polar surface area (TPSA) is 85.9 Å². The van der Waals surface area contributed by atoms with Crippen molar-refractivity contribution < 1.29 is 31.9 Å². The summed E-state index contributed by atoms with van der Waals surface area (Å²) in [6.07, 6.45) is -3.93. The molecule has 0 unspecified atom stereocenters. The van der Waals surface area contributed by atoms with E-state index in [1.165, 1.54) is 40.5 Å². The van der Waals surface area contributed by atoms with Crippen LogP contribution >= 0.6 is 0 Å². The maximum Gasteiger partial charge on any atom is 0.471 e. The summed E-state index contributed by atoms with van der Waals surface area (Å²) in [5.41, 5.74) is 0.714. The minimum atomic E-state index is -5.08. The number of pyridine rings is 1. The second-order valence-electron chi connectivity index (χ2n) is 7.91. The van der Waals surface area contributed by atoms with Crippen molar-refractivity contribution in [2.45, 2.75) is 19.6 Å². The highest BCUT2D eigenvalue weighted by molar-refractivity contribution is 5.99. The number of nitrogens with one attached hydrogen (secondary N) is 1. The molecule has 1 aliphatic rings. The smallest absolute Gasteiger partial charge is 0.341 e. The Hall–Kier alpha value is -3.54. The van der Waals surface area contributed by atoms with E-state index < -0.39 is 30.2 Å².